The number of fused-ring (bicyclic) bond motifs is 1. The molecule has 1 aliphatic rings. The van der Waals surface area contributed by atoms with Crippen LogP contribution >= 0.6 is 0 Å². The highest BCUT2D eigenvalue weighted by atomic mass is 19.4. The van der Waals surface area contributed by atoms with Crippen molar-refractivity contribution in [1.82, 2.24) is 29.7 Å². The SMILES string of the molecule is CCc1nn(CCOCC(F)(F)F)c2c(Nc3ccncn3)nc(N3CCCC(C(N)=O)C3)nc12. The minimum atomic E-state index is -4.41. The summed E-state index contributed by atoms with van der Waals surface area (Å²) < 4.78 is 43.8. The second kappa shape index (κ2) is 10.4. The van der Waals surface area contributed by atoms with Crippen LogP contribution in [-0.2, 0) is 22.5 Å². The van der Waals surface area contributed by atoms with Crippen LogP contribution < -0.4 is 16.0 Å². The molecule has 4 heterocycles. The predicted octanol–water partition coefficient (Wildman–Crippen LogP) is 2.20. The van der Waals surface area contributed by atoms with Gasteiger partial charge in [0.15, 0.2) is 5.82 Å². The molecule has 188 valence electrons. The van der Waals surface area contributed by atoms with Crippen molar-refractivity contribution in [3.63, 3.8) is 0 Å². The predicted molar refractivity (Wildman–Crippen MR) is 121 cm³/mol. The van der Waals surface area contributed by atoms with Gasteiger partial charge in [-0.25, -0.2) is 15.0 Å². The summed E-state index contributed by atoms with van der Waals surface area (Å²) in [5.41, 5.74) is 7.27. The molecule has 0 aliphatic carbocycles. The molecule has 1 saturated heterocycles. The minimum Gasteiger partial charge on any atom is -0.370 e. The van der Waals surface area contributed by atoms with E-state index < -0.39 is 12.8 Å². The van der Waals surface area contributed by atoms with E-state index in [0.717, 1.165) is 6.42 Å². The van der Waals surface area contributed by atoms with Crippen LogP contribution in [0.15, 0.2) is 18.6 Å². The number of alkyl halides is 3. The lowest BCUT2D eigenvalue weighted by atomic mass is 9.98. The number of hydrogen-bond acceptors (Lipinski definition) is 9. The number of aromatic nitrogens is 6. The number of nitrogens with zero attached hydrogens (tertiary/aromatic N) is 7. The third kappa shape index (κ3) is 5.93. The Morgan fingerprint density at radius 3 is 2.86 bits per heavy atom. The van der Waals surface area contributed by atoms with Gasteiger partial charge in [0.2, 0.25) is 11.9 Å². The topological polar surface area (TPSA) is 137 Å². The van der Waals surface area contributed by atoms with Gasteiger partial charge in [-0.3, -0.25) is 9.48 Å². The summed E-state index contributed by atoms with van der Waals surface area (Å²) in [6.45, 7) is 1.50. The van der Waals surface area contributed by atoms with Gasteiger partial charge in [-0.2, -0.15) is 23.3 Å². The Balaban J connectivity index is 1.72. The maximum Gasteiger partial charge on any atom is 0.411 e. The number of halogens is 3. The summed E-state index contributed by atoms with van der Waals surface area (Å²) in [5.74, 6) is 0.589. The first kappa shape index (κ1) is 24.6. The van der Waals surface area contributed by atoms with E-state index in [4.69, 9.17) is 20.4 Å². The fraction of sp³-hybridized carbons (Fsp3) is 0.524. The van der Waals surface area contributed by atoms with Gasteiger partial charge >= 0.3 is 6.18 Å². The largest absolute Gasteiger partial charge is 0.411 e. The number of anilines is 3. The van der Waals surface area contributed by atoms with Crippen LogP contribution in [0.1, 0.15) is 25.5 Å². The van der Waals surface area contributed by atoms with Crippen LogP contribution in [0.4, 0.5) is 30.8 Å². The Bertz CT molecular complexity index is 1170. The van der Waals surface area contributed by atoms with Crippen LogP contribution in [0.25, 0.3) is 11.0 Å². The van der Waals surface area contributed by atoms with Gasteiger partial charge in [0.05, 0.1) is 24.8 Å². The van der Waals surface area contributed by atoms with Crippen LogP contribution in [0, 0.1) is 5.92 Å². The molecule has 1 atom stereocenters. The second-order valence-electron chi connectivity index (χ2n) is 8.17. The van der Waals surface area contributed by atoms with Gasteiger partial charge in [-0.1, -0.05) is 6.92 Å². The molecule has 4 rings (SSSR count). The first-order valence-electron chi connectivity index (χ1n) is 11.2. The average Bonchev–Trinajstić information content (AvgIpc) is 3.20. The maximum absolute atomic E-state index is 12.5. The normalized spacial score (nSPS) is 16.6. The number of piperidine rings is 1. The minimum absolute atomic E-state index is 0.0706. The van der Waals surface area contributed by atoms with Crippen molar-refractivity contribution < 1.29 is 22.7 Å². The molecule has 0 radical (unpaired) electrons. The summed E-state index contributed by atoms with van der Waals surface area (Å²) >= 11 is 0. The van der Waals surface area contributed by atoms with Gasteiger partial charge in [-0.15, -0.1) is 0 Å². The van der Waals surface area contributed by atoms with Crippen molar-refractivity contribution >= 4 is 34.5 Å². The molecule has 3 aromatic rings. The van der Waals surface area contributed by atoms with E-state index in [9.17, 15) is 18.0 Å². The molecule has 0 saturated carbocycles. The lowest BCUT2D eigenvalue weighted by Crippen LogP contribution is -2.42. The Hall–Kier alpha value is -3.55. The fourth-order valence-corrected chi connectivity index (χ4v) is 3.98. The molecule has 3 N–H and O–H groups in total. The maximum atomic E-state index is 12.5. The second-order valence-corrected chi connectivity index (χ2v) is 8.17. The van der Waals surface area contributed by atoms with E-state index >= 15 is 0 Å². The lowest BCUT2D eigenvalue weighted by Gasteiger charge is -2.31. The van der Waals surface area contributed by atoms with Crippen molar-refractivity contribution in [2.24, 2.45) is 11.7 Å². The van der Waals surface area contributed by atoms with Crippen molar-refractivity contribution in [1.29, 1.82) is 0 Å². The molecule has 35 heavy (non-hydrogen) atoms. The number of nitrogens with one attached hydrogen (secondary N) is 1. The van der Waals surface area contributed by atoms with Crippen molar-refractivity contribution in [2.75, 3.05) is 36.5 Å². The number of amides is 1. The summed E-state index contributed by atoms with van der Waals surface area (Å²) in [4.78, 5) is 31.2. The van der Waals surface area contributed by atoms with Crippen molar-refractivity contribution in [2.45, 2.75) is 38.9 Å². The monoisotopic (exact) mass is 493 g/mol. The molecular weight excluding hydrogens is 467 g/mol. The molecule has 0 aromatic carbocycles. The van der Waals surface area contributed by atoms with Gasteiger partial charge < -0.3 is 20.7 Å². The van der Waals surface area contributed by atoms with Gasteiger partial charge in [0.25, 0.3) is 0 Å². The van der Waals surface area contributed by atoms with Gasteiger partial charge in [-0.05, 0) is 25.3 Å². The van der Waals surface area contributed by atoms with Crippen molar-refractivity contribution in [3.8, 4) is 0 Å². The smallest absolute Gasteiger partial charge is 0.370 e. The molecule has 11 nitrogen and oxygen atoms in total. The van der Waals surface area contributed by atoms with Crippen LogP contribution in [0.5, 0.6) is 0 Å². The highest BCUT2D eigenvalue weighted by Crippen LogP contribution is 2.30. The molecular formula is C21H26F3N9O2. The van der Waals surface area contributed by atoms with E-state index in [2.05, 4.69) is 20.4 Å². The van der Waals surface area contributed by atoms with Crippen LogP contribution in [0.3, 0.4) is 0 Å². The van der Waals surface area contributed by atoms with Gasteiger partial charge in [0, 0.05) is 19.3 Å². The molecule has 0 bridgehead atoms. The number of hydrogen-bond donors (Lipinski definition) is 2. The zero-order valence-corrected chi connectivity index (χ0v) is 19.1. The van der Waals surface area contributed by atoms with E-state index in [-0.39, 0.29) is 25.0 Å². The number of carbonyl (C=O) groups excluding carboxylic acids is 1. The Kier molecular flexibility index (Phi) is 7.28. The van der Waals surface area contributed by atoms with E-state index in [0.29, 0.717) is 60.2 Å². The Morgan fingerprint density at radius 2 is 2.17 bits per heavy atom. The zero-order chi connectivity index (χ0) is 25.0. The zero-order valence-electron chi connectivity index (χ0n) is 19.1. The molecule has 1 amide bonds. The summed E-state index contributed by atoms with van der Waals surface area (Å²) in [6.07, 6.45) is 0.548. The molecule has 1 fully saturated rings. The highest BCUT2D eigenvalue weighted by molar-refractivity contribution is 5.90. The molecule has 3 aromatic heterocycles. The van der Waals surface area contributed by atoms with Crippen LogP contribution in [-0.4, -0.2) is 68.1 Å². The van der Waals surface area contributed by atoms with E-state index in [1.54, 1.807) is 16.9 Å². The third-order valence-corrected chi connectivity index (χ3v) is 5.63. The highest BCUT2D eigenvalue weighted by Gasteiger charge is 2.29. The average molecular weight is 493 g/mol. The lowest BCUT2D eigenvalue weighted by molar-refractivity contribution is -0.174. The number of ether oxygens (including phenoxy) is 1. The number of rotatable bonds is 9. The van der Waals surface area contributed by atoms with Gasteiger partial charge in [0.1, 0.15) is 29.8 Å². The fourth-order valence-electron chi connectivity index (χ4n) is 3.98. The Morgan fingerprint density at radius 1 is 1.34 bits per heavy atom. The van der Waals surface area contributed by atoms with E-state index in [1.165, 1.54) is 6.33 Å². The number of nitrogens with two attached hydrogens (primary N) is 1. The van der Waals surface area contributed by atoms with E-state index in [1.807, 2.05) is 11.8 Å². The quantitative estimate of drug-likeness (QED) is 0.430. The van der Waals surface area contributed by atoms with Crippen molar-refractivity contribution in [3.05, 3.63) is 24.3 Å². The summed E-state index contributed by atoms with van der Waals surface area (Å²) in [6, 6.07) is 1.66. The Labute approximate surface area is 198 Å². The summed E-state index contributed by atoms with van der Waals surface area (Å²) in [5, 5.41) is 7.71. The molecule has 1 aliphatic heterocycles. The molecule has 1 unspecified atom stereocenters. The summed E-state index contributed by atoms with van der Waals surface area (Å²) in [7, 11) is 0. The number of aryl methyl sites for hydroxylation is 1. The molecule has 0 spiro atoms. The standard InChI is InChI=1S/C21H26F3N9O2/c1-2-14-16-17(33(31-14)8-9-35-11-21(22,23)24)19(28-15-5-6-26-12-27-15)30-20(29-16)32-7-3-4-13(10-32)18(25)34/h5-6,12-13H,2-4,7-11H2,1H3,(H2,25,34)(H,26,27,28,29,30). The number of carbonyl (C=O) groups is 1. The first-order chi connectivity index (χ1) is 16.7. The first-order valence-corrected chi connectivity index (χ1v) is 11.2. The third-order valence-electron chi connectivity index (χ3n) is 5.63. The van der Waals surface area contributed by atoms with Crippen LogP contribution in [0.2, 0.25) is 0 Å². The number of primary amides is 1. The molecule has 14 heteroatoms.